The van der Waals surface area contributed by atoms with E-state index in [4.69, 9.17) is 28.4 Å². The van der Waals surface area contributed by atoms with Gasteiger partial charge < -0.3 is 89.9 Å². The molecule has 3 aliphatic rings. The lowest BCUT2D eigenvalue weighted by Gasteiger charge is -2.48. The van der Waals surface area contributed by atoms with Crippen LogP contribution in [-0.4, -0.2) is 193 Å². The zero-order valence-electron chi connectivity index (χ0n) is 58.0. The van der Waals surface area contributed by atoms with Crippen molar-refractivity contribution in [2.45, 2.75) is 401 Å². The fraction of sp³-hybridized carbons (Fsp3) is 0.905. The molecule has 3 saturated heterocycles. The molecule has 0 aliphatic carbocycles. The topological polar surface area (TPSA) is 307 Å². The summed E-state index contributed by atoms with van der Waals surface area (Å²) < 4.78 is 34.4. The SMILES string of the molecule is CCCCCCCCCCCCCCCCCCCCCC/C=C/CC/C=C/CC/C=C/C(O)C(COC1OC(CO)C(OC2OC(CO)C(OC3OC(CO)C(O)C(O)C3O)C(O)C2O)C(O)C1O)NC(=O)CCCCCCCCCCCCCCCCCCCC. The van der Waals surface area contributed by atoms with Crippen LogP contribution in [0.2, 0.25) is 0 Å². The molecule has 12 N–H and O–H groups in total. The van der Waals surface area contributed by atoms with E-state index in [1.807, 2.05) is 6.08 Å². The van der Waals surface area contributed by atoms with Crippen molar-refractivity contribution in [3.63, 3.8) is 0 Å². The summed E-state index contributed by atoms with van der Waals surface area (Å²) in [5.41, 5.74) is 0. The van der Waals surface area contributed by atoms with Crippen LogP contribution in [0.1, 0.15) is 296 Å². The third kappa shape index (κ3) is 37.1. The molecule has 0 aromatic carbocycles. The van der Waals surface area contributed by atoms with Gasteiger partial charge in [-0.1, -0.05) is 281 Å². The summed E-state index contributed by atoms with van der Waals surface area (Å²) in [7, 11) is 0. The van der Waals surface area contributed by atoms with Gasteiger partial charge in [-0.15, -0.1) is 0 Å². The molecule has 17 unspecified atom stereocenters. The fourth-order valence-electron chi connectivity index (χ4n) is 12.8. The van der Waals surface area contributed by atoms with Crippen LogP contribution in [0.25, 0.3) is 0 Å². The number of rotatable bonds is 59. The lowest BCUT2D eigenvalue weighted by Crippen LogP contribution is -2.66. The third-order valence-corrected chi connectivity index (χ3v) is 18.9. The molecule has 93 heavy (non-hydrogen) atoms. The Kier molecular flexibility index (Phi) is 51.2. The maximum atomic E-state index is 13.4. The average Bonchev–Trinajstić information content (AvgIpc) is 0.814. The van der Waals surface area contributed by atoms with Gasteiger partial charge in [0.1, 0.15) is 73.2 Å². The van der Waals surface area contributed by atoms with Crippen LogP contribution in [0, 0.1) is 0 Å². The minimum atomic E-state index is -1.98. The highest BCUT2D eigenvalue weighted by Gasteiger charge is 2.53. The van der Waals surface area contributed by atoms with Crippen molar-refractivity contribution < 1.29 is 89.4 Å². The molecule has 19 heteroatoms. The van der Waals surface area contributed by atoms with Crippen molar-refractivity contribution in [2.24, 2.45) is 0 Å². The maximum absolute atomic E-state index is 13.4. The van der Waals surface area contributed by atoms with E-state index in [0.717, 1.165) is 44.9 Å². The number of aliphatic hydroxyl groups excluding tert-OH is 11. The summed E-state index contributed by atoms with van der Waals surface area (Å²) >= 11 is 0. The number of unbranched alkanes of at least 4 members (excludes halogenated alkanes) is 39. The summed E-state index contributed by atoms with van der Waals surface area (Å²) in [5, 5.41) is 121. The highest BCUT2D eigenvalue weighted by molar-refractivity contribution is 5.76. The minimum absolute atomic E-state index is 0.236. The first-order chi connectivity index (χ1) is 45.3. The molecule has 17 atom stereocenters. The molecule has 3 fully saturated rings. The summed E-state index contributed by atoms with van der Waals surface area (Å²) in [6, 6.07) is -0.995. The Morgan fingerprint density at radius 3 is 1.08 bits per heavy atom. The molecule has 0 radical (unpaired) electrons. The first-order valence-corrected chi connectivity index (χ1v) is 37.7. The molecule has 1 amide bonds. The molecule has 19 nitrogen and oxygen atoms in total. The molecule has 3 heterocycles. The molecule has 0 aromatic rings. The van der Waals surface area contributed by atoms with E-state index in [9.17, 15) is 61.0 Å². The van der Waals surface area contributed by atoms with Gasteiger partial charge in [-0.2, -0.15) is 0 Å². The van der Waals surface area contributed by atoms with Gasteiger partial charge in [-0.3, -0.25) is 4.79 Å². The molecular weight excluding hydrogens is 1190 g/mol. The molecule has 0 bridgehead atoms. The second-order valence-electron chi connectivity index (χ2n) is 27.1. The average molecular weight is 1330 g/mol. The number of hydrogen-bond donors (Lipinski definition) is 12. The molecular formula is C74H137NO18. The Morgan fingerprint density at radius 1 is 0.376 bits per heavy atom. The molecule has 3 rings (SSSR count). The second kappa shape index (κ2) is 55.8. The molecule has 0 saturated carbocycles. The van der Waals surface area contributed by atoms with E-state index in [0.29, 0.717) is 12.8 Å². The van der Waals surface area contributed by atoms with Crippen molar-refractivity contribution in [3.05, 3.63) is 36.5 Å². The number of nitrogens with one attached hydrogen (secondary N) is 1. The number of allylic oxidation sites excluding steroid dienone is 5. The Hall–Kier alpha value is -1.99. The van der Waals surface area contributed by atoms with Gasteiger partial charge in [-0.25, -0.2) is 0 Å². The molecule has 546 valence electrons. The van der Waals surface area contributed by atoms with Crippen molar-refractivity contribution in [1.29, 1.82) is 0 Å². The quantitative estimate of drug-likeness (QED) is 0.0199. The highest BCUT2D eigenvalue weighted by Crippen LogP contribution is 2.33. The lowest BCUT2D eigenvalue weighted by molar-refractivity contribution is -0.379. The van der Waals surface area contributed by atoms with Crippen LogP contribution in [0.3, 0.4) is 0 Å². The monoisotopic (exact) mass is 1330 g/mol. The van der Waals surface area contributed by atoms with Crippen LogP contribution in [0.4, 0.5) is 0 Å². The number of hydrogen-bond acceptors (Lipinski definition) is 18. The van der Waals surface area contributed by atoms with E-state index in [1.54, 1.807) is 6.08 Å². The summed E-state index contributed by atoms with van der Waals surface area (Å²) in [6.07, 6.45) is 40.0. The zero-order valence-corrected chi connectivity index (χ0v) is 58.0. The predicted octanol–water partition coefficient (Wildman–Crippen LogP) is 11.2. The summed E-state index contributed by atoms with van der Waals surface area (Å²) in [4.78, 5) is 13.4. The fourth-order valence-corrected chi connectivity index (χ4v) is 12.8. The number of amides is 1. The van der Waals surface area contributed by atoms with Crippen molar-refractivity contribution >= 4 is 5.91 Å². The van der Waals surface area contributed by atoms with E-state index in [1.165, 1.54) is 218 Å². The van der Waals surface area contributed by atoms with Crippen LogP contribution in [0.15, 0.2) is 36.5 Å². The van der Waals surface area contributed by atoms with E-state index < -0.39 is 124 Å². The smallest absolute Gasteiger partial charge is 0.220 e. The van der Waals surface area contributed by atoms with Gasteiger partial charge in [-0.05, 0) is 44.9 Å². The lowest BCUT2D eigenvalue weighted by atomic mass is 9.96. The maximum Gasteiger partial charge on any atom is 0.220 e. The van der Waals surface area contributed by atoms with Crippen LogP contribution in [-0.2, 0) is 33.2 Å². The van der Waals surface area contributed by atoms with Gasteiger partial charge in [0, 0.05) is 6.42 Å². The normalized spacial score (nSPS) is 27.7. The summed E-state index contributed by atoms with van der Waals surface area (Å²) in [5.74, 6) is -0.285. The summed E-state index contributed by atoms with van der Waals surface area (Å²) in [6.45, 7) is 1.75. The molecule has 0 aromatic heterocycles. The van der Waals surface area contributed by atoms with E-state index in [2.05, 4.69) is 43.5 Å². The largest absolute Gasteiger partial charge is 0.394 e. The Bertz CT molecular complexity index is 1830. The van der Waals surface area contributed by atoms with Crippen molar-refractivity contribution in [1.82, 2.24) is 5.32 Å². The second-order valence-corrected chi connectivity index (χ2v) is 27.1. The van der Waals surface area contributed by atoms with Gasteiger partial charge in [0.25, 0.3) is 0 Å². The number of carbonyl (C=O) groups is 1. The van der Waals surface area contributed by atoms with Crippen molar-refractivity contribution in [3.8, 4) is 0 Å². The Morgan fingerprint density at radius 2 is 0.688 bits per heavy atom. The van der Waals surface area contributed by atoms with E-state index in [-0.39, 0.29) is 18.9 Å². The van der Waals surface area contributed by atoms with Gasteiger partial charge in [0.2, 0.25) is 5.91 Å². The predicted molar refractivity (Wildman–Crippen MR) is 365 cm³/mol. The zero-order chi connectivity index (χ0) is 67.5. The van der Waals surface area contributed by atoms with Crippen molar-refractivity contribution in [2.75, 3.05) is 26.4 Å². The standard InChI is InChI=1S/C74H137NO18/c1-3-5-7-9-11-13-15-17-19-21-23-24-25-26-27-28-29-30-31-32-33-34-35-37-39-41-43-45-47-49-51-58(79)57(75-62(80)52-50-48-46-44-42-40-38-36-22-20-18-16-14-12-10-8-6-4-2)56-88-72-68(86)65(83)70(60(54-77)90-72)93-74-69(87)66(84)71(61(55-78)91-74)92-73-67(85)64(82)63(81)59(53-76)89-73/h34-35,41,43,49,51,57-61,63-74,76-79,81-87H,3-33,36-40,42,44-48,50,52-56H2,1-2H3,(H,75,80)/b35-34+,43-41+,51-49+. The first-order valence-electron chi connectivity index (χ1n) is 37.7. The van der Waals surface area contributed by atoms with Crippen LogP contribution < -0.4 is 5.32 Å². The molecule has 0 spiro atoms. The highest BCUT2D eigenvalue weighted by atomic mass is 16.8. The van der Waals surface area contributed by atoms with Crippen LogP contribution in [0.5, 0.6) is 0 Å². The Balaban J connectivity index is 1.41. The Labute approximate surface area is 561 Å². The number of aliphatic hydroxyl groups is 11. The number of ether oxygens (including phenoxy) is 6. The van der Waals surface area contributed by atoms with Gasteiger partial charge in [0.05, 0.1) is 38.6 Å². The van der Waals surface area contributed by atoms with Crippen LogP contribution >= 0.6 is 0 Å². The third-order valence-electron chi connectivity index (χ3n) is 18.9. The number of carbonyl (C=O) groups excluding carboxylic acids is 1. The first kappa shape index (κ1) is 85.2. The van der Waals surface area contributed by atoms with Gasteiger partial charge >= 0.3 is 0 Å². The molecule has 3 aliphatic heterocycles. The van der Waals surface area contributed by atoms with E-state index >= 15 is 0 Å². The minimum Gasteiger partial charge on any atom is -0.394 e. The van der Waals surface area contributed by atoms with Gasteiger partial charge in [0.15, 0.2) is 18.9 Å².